The summed E-state index contributed by atoms with van der Waals surface area (Å²) in [4.78, 5) is 14.8. The van der Waals surface area contributed by atoms with Gasteiger partial charge in [-0.2, -0.15) is 0 Å². The van der Waals surface area contributed by atoms with E-state index in [0.29, 0.717) is 17.1 Å². The summed E-state index contributed by atoms with van der Waals surface area (Å²) in [5, 5.41) is 12.4. The lowest BCUT2D eigenvalue weighted by atomic mass is 10.1. The molecule has 2 aromatic rings. The van der Waals surface area contributed by atoms with E-state index in [9.17, 15) is 4.79 Å². The first-order valence-corrected chi connectivity index (χ1v) is 4.83. The fourth-order valence-corrected chi connectivity index (χ4v) is 1.40. The van der Waals surface area contributed by atoms with Gasteiger partial charge in [-0.25, -0.2) is 9.78 Å². The molecule has 6 nitrogen and oxygen atoms in total. The number of hydrogen-bond donors (Lipinski definition) is 1. The molecule has 0 unspecified atom stereocenters. The SMILES string of the molecule is COc1cc(-c2cc(C(=O)O)on2)cc(C)n1. The van der Waals surface area contributed by atoms with E-state index in [0.717, 1.165) is 5.69 Å². The summed E-state index contributed by atoms with van der Waals surface area (Å²) in [5.41, 5.74) is 1.89. The first kappa shape index (κ1) is 11.1. The average Bonchev–Trinajstić information content (AvgIpc) is 2.77. The molecule has 6 heteroatoms. The van der Waals surface area contributed by atoms with Crippen LogP contribution in [0.1, 0.15) is 16.2 Å². The van der Waals surface area contributed by atoms with Gasteiger partial charge in [0.25, 0.3) is 0 Å². The fourth-order valence-electron chi connectivity index (χ4n) is 1.40. The van der Waals surface area contributed by atoms with Crippen molar-refractivity contribution in [3.05, 3.63) is 29.7 Å². The molecule has 0 radical (unpaired) electrons. The molecule has 0 saturated carbocycles. The van der Waals surface area contributed by atoms with Crippen LogP contribution in [0.5, 0.6) is 5.88 Å². The van der Waals surface area contributed by atoms with Crippen molar-refractivity contribution in [1.29, 1.82) is 0 Å². The number of rotatable bonds is 3. The monoisotopic (exact) mass is 234 g/mol. The standard InChI is InChI=1S/C11H10N2O4/c1-6-3-7(4-10(12-6)16-2)8-5-9(11(14)15)17-13-8/h3-5H,1-2H3,(H,14,15). The second kappa shape index (κ2) is 4.25. The van der Waals surface area contributed by atoms with E-state index in [1.807, 2.05) is 6.92 Å². The maximum atomic E-state index is 10.7. The third-order valence-corrected chi connectivity index (χ3v) is 2.16. The van der Waals surface area contributed by atoms with Gasteiger partial charge in [0, 0.05) is 23.4 Å². The normalized spacial score (nSPS) is 10.2. The predicted octanol–water partition coefficient (Wildman–Crippen LogP) is 1.75. The topological polar surface area (TPSA) is 85.5 Å². The van der Waals surface area contributed by atoms with E-state index in [1.54, 1.807) is 12.1 Å². The van der Waals surface area contributed by atoms with Gasteiger partial charge in [0.15, 0.2) is 0 Å². The summed E-state index contributed by atoms with van der Waals surface area (Å²) in [7, 11) is 1.51. The first-order chi connectivity index (χ1) is 8.10. The van der Waals surface area contributed by atoms with Crippen LogP contribution in [-0.4, -0.2) is 28.3 Å². The maximum absolute atomic E-state index is 10.7. The van der Waals surface area contributed by atoms with Crippen molar-refractivity contribution < 1.29 is 19.2 Å². The molecule has 0 aromatic carbocycles. The molecule has 1 N–H and O–H groups in total. The van der Waals surface area contributed by atoms with Crippen molar-refractivity contribution in [2.24, 2.45) is 0 Å². The zero-order chi connectivity index (χ0) is 12.4. The van der Waals surface area contributed by atoms with E-state index in [4.69, 9.17) is 9.84 Å². The zero-order valence-electron chi connectivity index (χ0n) is 9.30. The van der Waals surface area contributed by atoms with Crippen LogP contribution in [0.15, 0.2) is 22.7 Å². The molecule has 2 aromatic heterocycles. The number of nitrogens with zero attached hydrogens (tertiary/aromatic N) is 2. The van der Waals surface area contributed by atoms with Gasteiger partial charge >= 0.3 is 5.97 Å². The largest absolute Gasteiger partial charge is 0.481 e. The van der Waals surface area contributed by atoms with Gasteiger partial charge in [-0.1, -0.05) is 5.16 Å². The van der Waals surface area contributed by atoms with Crippen molar-refractivity contribution in [2.75, 3.05) is 7.11 Å². The number of methoxy groups -OCH3 is 1. The molecular formula is C11H10N2O4. The minimum atomic E-state index is -1.15. The van der Waals surface area contributed by atoms with Crippen LogP contribution in [0.4, 0.5) is 0 Å². The van der Waals surface area contributed by atoms with E-state index >= 15 is 0 Å². The smallest absolute Gasteiger partial charge is 0.374 e. The van der Waals surface area contributed by atoms with Gasteiger partial charge in [0.05, 0.1) is 7.11 Å². The molecule has 88 valence electrons. The second-order valence-corrected chi connectivity index (χ2v) is 3.42. The van der Waals surface area contributed by atoms with Gasteiger partial charge in [-0.3, -0.25) is 0 Å². The highest BCUT2D eigenvalue weighted by atomic mass is 16.5. The molecule has 0 saturated heterocycles. The third-order valence-electron chi connectivity index (χ3n) is 2.16. The van der Waals surface area contributed by atoms with Crippen LogP contribution in [0.3, 0.4) is 0 Å². The quantitative estimate of drug-likeness (QED) is 0.870. The van der Waals surface area contributed by atoms with Gasteiger partial charge in [0.1, 0.15) is 5.69 Å². The maximum Gasteiger partial charge on any atom is 0.374 e. The number of carboxylic acids is 1. The Balaban J connectivity index is 2.44. The van der Waals surface area contributed by atoms with Crippen LogP contribution in [0, 0.1) is 6.92 Å². The lowest BCUT2D eigenvalue weighted by Gasteiger charge is -2.02. The molecule has 0 amide bonds. The van der Waals surface area contributed by atoms with Crippen molar-refractivity contribution in [1.82, 2.24) is 10.1 Å². The van der Waals surface area contributed by atoms with Crippen molar-refractivity contribution >= 4 is 5.97 Å². The number of aromatic carboxylic acids is 1. The highest BCUT2D eigenvalue weighted by Gasteiger charge is 2.13. The fraction of sp³-hybridized carbons (Fsp3) is 0.182. The highest BCUT2D eigenvalue weighted by molar-refractivity contribution is 5.85. The average molecular weight is 234 g/mol. The Kier molecular flexibility index (Phi) is 2.78. The van der Waals surface area contributed by atoms with Crippen LogP contribution >= 0.6 is 0 Å². The van der Waals surface area contributed by atoms with E-state index < -0.39 is 5.97 Å². The molecule has 0 fully saturated rings. The Morgan fingerprint density at radius 3 is 2.76 bits per heavy atom. The number of ether oxygens (including phenoxy) is 1. The first-order valence-electron chi connectivity index (χ1n) is 4.83. The summed E-state index contributed by atoms with van der Waals surface area (Å²) in [6.45, 7) is 1.81. The number of aryl methyl sites for hydroxylation is 1. The zero-order valence-corrected chi connectivity index (χ0v) is 9.30. The summed E-state index contributed by atoms with van der Waals surface area (Å²) in [5.74, 6) is -0.908. The number of pyridine rings is 1. The van der Waals surface area contributed by atoms with Crippen molar-refractivity contribution in [2.45, 2.75) is 6.92 Å². The third kappa shape index (κ3) is 2.25. The van der Waals surface area contributed by atoms with Crippen molar-refractivity contribution in [3.8, 4) is 17.1 Å². The minimum Gasteiger partial charge on any atom is -0.481 e. The van der Waals surface area contributed by atoms with Crippen LogP contribution in [0.25, 0.3) is 11.3 Å². The molecule has 2 heterocycles. The van der Waals surface area contributed by atoms with Gasteiger partial charge in [0.2, 0.25) is 11.6 Å². The predicted molar refractivity (Wildman–Crippen MR) is 58.0 cm³/mol. The second-order valence-electron chi connectivity index (χ2n) is 3.42. The summed E-state index contributed by atoms with van der Waals surface area (Å²) in [6, 6.07) is 4.79. The molecule has 17 heavy (non-hydrogen) atoms. The Morgan fingerprint density at radius 2 is 2.18 bits per heavy atom. The van der Waals surface area contributed by atoms with Crippen LogP contribution in [0.2, 0.25) is 0 Å². The summed E-state index contributed by atoms with van der Waals surface area (Å²) < 4.78 is 9.71. The number of aromatic nitrogens is 2. The highest BCUT2D eigenvalue weighted by Crippen LogP contribution is 2.23. The van der Waals surface area contributed by atoms with E-state index in [2.05, 4.69) is 14.7 Å². The number of carboxylic acid groups (broad SMARTS) is 1. The molecular weight excluding hydrogens is 224 g/mol. The van der Waals surface area contributed by atoms with Crippen LogP contribution in [-0.2, 0) is 0 Å². The van der Waals surface area contributed by atoms with Gasteiger partial charge in [-0.15, -0.1) is 0 Å². The Hall–Kier alpha value is -2.37. The summed E-state index contributed by atoms with van der Waals surface area (Å²) >= 11 is 0. The van der Waals surface area contributed by atoms with Crippen LogP contribution < -0.4 is 4.74 Å². The molecule has 0 aliphatic rings. The molecule has 0 bridgehead atoms. The molecule has 2 rings (SSSR count). The Bertz CT molecular complexity index is 562. The molecule has 0 spiro atoms. The molecule has 0 aliphatic heterocycles. The Morgan fingerprint density at radius 1 is 1.41 bits per heavy atom. The lowest BCUT2D eigenvalue weighted by molar-refractivity contribution is 0.0652. The van der Waals surface area contributed by atoms with E-state index in [-0.39, 0.29) is 5.76 Å². The van der Waals surface area contributed by atoms with Crippen molar-refractivity contribution in [3.63, 3.8) is 0 Å². The molecule has 0 atom stereocenters. The van der Waals surface area contributed by atoms with E-state index in [1.165, 1.54) is 13.2 Å². The minimum absolute atomic E-state index is 0.201. The Labute approximate surface area is 96.8 Å². The number of hydrogen-bond acceptors (Lipinski definition) is 5. The van der Waals surface area contributed by atoms with Gasteiger partial charge in [-0.05, 0) is 13.0 Å². The number of carbonyl (C=O) groups is 1. The molecule has 0 aliphatic carbocycles. The van der Waals surface area contributed by atoms with Gasteiger partial charge < -0.3 is 14.4 Å². The lowest BCUT2D eigenvalue weighted by Crippen LogP contribution is -1.92. The summed E-state index contributed by atoms with van der Waals surface area (Å²) in [6.07, 6.45) is 0.